The van der Waals surface area contributed by atoms with Gasteiger partial charge in [-0.2, -0.15) is 0 Å². The van der Waals surface area contributed by atoms with Gasteiger partial charge in [0.2, 0.25) is 0 Å². The molecule has 9 aromatic rings. The van der Waals surface area contributed by atoms with Gasteiger partial charge >= 0.3 is 0 Å². The number of nitrogens with zero attached hydrogens (tertiary/aromatic N) is 3. The fourth-order valence-corrected chi connectivity index (χ4v) is 7.58. The van der Waals surface area contributed by atoms with E-state index in [1.54, 1.807) is 0 Å². The van der Waals surface area contributed by atoms with Crippen molar-refractivity contribution >= 4 is 31.5 Å². The van der Waals surface area contributed by atoms with Crippen LogP contribution in [-0.2, 0) is 0 Å². The van der Waals surface area contributed by atoms with Crippen LogP contribution < -0.4 is 0 Å². The van der Waals surface area contributed by atoms with Crippen LogP contribution in [0.4, 0.5) is 0 Å². The second kappa shape index (κ2) is 12.4. The molecule has 0 fully saturated rings. The van der Waals surface area contributed by atoms with Crippen molar-refractivity contribution in [3.63, 3.8) is 0 Å². The SMILES string of the molecule is c1ccc(-c2ccc(-c3ccc4sc5cccc(-c6ccc(-c7nc(-c8ccccc8)nc(-c8ccccc8)n7)cc6)c5c4c3)cc2)cc1. The Morgan fingerprint density at radius 3 is 1.31 bits per heavy atom. The van der Waals surface area contributed by atoms with Crippen LogP contribution >= 0.6 is 11.3 Å². The van der Waals surface area contributed by atoms with Crippen LogP contribution in [0, 0.1) is 0 Å². The van der Waals surface area contributed by atoms with Crippen LogP contribution in [0.3, 0.4) is 0 Å². The van der Waals surface area contributed by atoms with Crippen molar-refractivity contribution < 1.29 is 0 Å². The highest BCUT2D eigenvalue weighted by atomic mass is 32.1. The quantitative estimate of drug-likeness (QED) is 0.181. The zero-order chi connectivity index (χ0) is 32.6. The van der Waals surface area contributed by atoms with Crippen LogP contribution in [0.25, 0.3) is 87.7 Å². The molecule has 0 saturated carbocycles. The van der Waals surface area contributed by atoms with Gasteiger partial charge in [-0.05, 0) is 51.6 Å². The van der Waals surface area contributed by atoms with Crippen molar-refractivity contribution in [1.29, 1.82) is 0 Å². The third kappa shape index (κ3) is 5.58. The predicted molar refractivity (Wildman–Crippen MR) is 205 cm³/mol. The predicted octanol–water partition coefficient (Wildman–Crippen LogP) is 12.2. The summed E-state index contributed by atoms with van der Waals surface area (Å²) < 4.78 is 2.57. The summed E-state index contributed by atoms with van der Waals surface area (Å²) in [6.45, 7) is 0. The maximum absolute atomic E-state index is 4.92. The first kappa shape index (κ1) is 29.0. The van der Waals surface area contributed by atoms with Gasteiger partial charge in [0.05, 0.1) is 0 Å². The first-order valence-electron chi connectivity index (χ1n) is 16.4. The third-order valence-corrected chi connectivity index (χ3v) is 10.1. The van der Waals surface area contributed by atoms with Gasteiger partial charge in [-0.15, -0.1) is 11.3 Å². The van der Waals surface area contributed by atoms with Crippen molar-refractivity contribution in [3.8, 4) is 67.5 Å². The van der Waals surface area contributed by atoms with Crippen molar-refractivity contribution in [2.45, 2.75) is 0 Å². The summed E-state index contributed by atoms with van der Waals surface area (Å²) in [5.74, 6) is 1.98. The summed E-state index contributed by atoms with van der Waals surface area (Å²) in [6, 6.07) is 61.7. The second-order valence-electron chi connectivity index (χ2n) is 12.1. The maximum atomic E-state index is 4.92. The number of benzene rings is 7. The highest BCUT2D eigenvalue weighted by molar-refractivity contribution is 7.26. The van der Waals surface area contributed by atoms with E-state index >= 15 is 0 Å². The zero-order valence-corrected chi connectivity index (χ0v) is 27.3. The zero-order valence-electron chi connectivity index (χ0n) is 26.5. The third-order valence-electron chi connectivity index (χ3n) is 8.97. The molecular formula is C45H29N3S. The van der Waals surface area contributed by atoms with Crippen molar-refractivity contribution in [2.75, 3.05) is 0 Å². The minimum atomic E-state index is 0.654. The van der Waals surface area contributed by atoms with E-state index in [4.69, 9.17) is 15.0 Å². The van der Waals surface area contributed by atoms with E-state index in [-0.39, 0.29) is 0 Å². The summed E-state index contributed by atoms with van der Waals surface area (Å²) in [4.78, 5) is 14.7. The van der Waals surface area contributed by atoms with Crippen LogP contribution in [0.2, 0.25) is 0 Å². The van der Waals surface area contributed by atoms with E-state index < -0.39 is 0 Å². The van der Waals surface area contributed by atoms with Crippen LogP contribution in [0.1, 0.15) is 0 Å². The molecule has 0 unspecified atom stereocenters. The van der Waals surface area contributed by atoms with E-state index in [0.29, 0.717) is 17.5 Å². The number of hydrogen-bond donors (Lipinski definition) is 0. The molecule has 0 saturated heterocycles. The Bertz CT molecular complexity index is 2500. The van der Waals surface area contributed by atoms with Gasteiger partial charge in [0.25, 0.3) is 0 Å². The standard InChI is InChI=1S/C45H29N3S/c1-4-11-30(12-5-1)31-19-21-32(22-20-31)37-27-28-40-39(29-37)42-38(17-10-18-41(42)49-40)33-23-25-36(26-24-33)45-47-43(34-13-6-2-7-14-34)46-44(48-45)35-15-8-3-9-16-35/h1-29H. The fraction of sp³-hybridized carbons (Fsp3) is 0. The van der Waals surface area contributed by atoms with Gasteiger partial charge in [-0.25, -0.2) is 15.0 Å². The molecule has 0 atom stereocenters. The Morgan fingerprint density at radius 1 is 0.306 bits per heavy atom. The Kier molecular flexibility index (Phi) is 7.34. The number of hydrogen-bond acceptors (Lipinski definition) is 4. The molecule has 3 nitrogen and oxygen atoms in total. The number of thiophene rings is 1. The van der Waals surface area contributed by atoms with E-state index in [1.165, 1.54) is 48.0 Å². The van der Waals surface area contributed by atoms with Crippen LogP contribution in [0.5, 0.6) is 0 Å². The average Bonchev–Trinajstić information content (AvgIpc) is 3.57. The van der Waals surface area contributed by atoms with E-state index in [0.717, 1.165) is 22.3 Å². The molecule has 230 valence electrons. The highest BCUT2D eigenvalue weighted by Gasteiger charge is 2.15. The number of fused-ring (bicyclic) bond motifs is 3. The molecule has 2 aromatic heterocycles. The second-order valence-corrected chi connectivity index (χ2v) is 13.1. The number of aromatic nitrogens is 3. The largest absolute Gasteiger partial charge is 0.208 e. The molecule has 0 N–H and O–H groups in total. The van der Waals surface area contributed by atoms with E-state index in [2.05, 4.69) is 115 Å². The van der Waals surface area contributed by atoms with E-state index in [1.807, 2.05) is 72.0 Å². The summed E-state index contributed by atoms with van der Waals surface area (Å²) >= 11 is 1.85. The lowest BCUT2D eigenvalue weighted by Crippen LogP contribution is -2.00. The van der Waals surface area contributed by atoms with Crippen LogP contribution in [0.15, 0.2) is 176 Å². The lowest BCUT2D eigenvalue weighted by atomic mass is 9.96. The normalized spacial score (nSPS) is 11.3. The average molecular weight is 644 g/mol. The molecule has 0 aliphatic carbocycles. The van der Waals surface area contributed by atoms with Crippen molar-refractivity contribution in [3.05, 3.63) is 176 Å². The molecule has 0 aliphatic rings. The molecule has 9 rings (SSSR count). The molecule has 2 heterocycles. The van der Waals surface area contributed by atoms with Gasteiger partial charge in [-0.1, -0.05) is 158 Å². The van der Waals surface area contributed by atoms with E-state index in [9.17, 15) is 0 Å². The molecule has 7 aromatic carbocycles. The van der Waals surface area contributed by atoms with Crippen molar-refractivity contribution in [2.24, 2.45) is 0 Å². The smallest absolute Gasteiger partial charge is 0.164 e. The van der Waals surface area contributed by atoms with Gasteiger partial charge in [-0.3, -0.25) is 0 Å². The fourth-order valence-electron chi connectivity index (χ4n) is 6.47. The first-order valence-corrected chi connectivity index (χ1v) is 17.2. The molecule has 0 radical (unpaired) electrons. The van der Waals surface area contributed by atoms with Gasteiger partial charge < -0.3 is 0 Å². The molecule has 0 spiro atoms. The summed E-state index contributed by atoms with van der Waals surface area (Å²) in [6.07, 6.45) is 0. The summed E-state index contributed by atoms with van der Waals surface area (Å²) in [5, 5.41) is 2.57. The molecular weight excluding hydrogens is 615 g/mol. The minimum Gasteiger partial charge on any atom is -0.208 e. The molecule has 0 aliphatic heterocycles. The van der Waals surface area contributed by atoms with Crippen LogP contribution in [-0.4, -0.2) is 15.0 Å². The number of rotatable bonds is 6. The molecule has 4 heteroatoms. The van der Waals surface area contributed by atoms with Gasteiger partial charge in [0, 0.05) is 36.9 Å². The highest BCUT2D eigenvalue weighted by Crippen LogP contribution is 2.42. The molecule has 0 amide bonds. The monoisotopic (exact) mass is 643 g/mol. The molecule has 0 bridgehead atoms. The Balaban J connectivity index is 1.10. The first-order chi connectivity index (χ1) is 24.3. The lowest BCUT2D eigenvalue weighted by Gasteiger charge is -2.10. The Labute approximate surface area is 288 Å². The maximum Gasteiger partial charge on any atom is 0.164 e. The Hall–Kier alpha value is -6.23. The topological polar surface area (TPSA) is 38.7 Å². The molecule has 49 heavy (non-hydrogen) atoms. The van der Waals surface area contributed by atoms with Crippen molar-refractivity contribution in [1.82, 2.24) is 15.0 Å². The summed E-state index contributed by atoms with van der Waals surface area (Å²) in [5.41, 5.74) is 10.1. The van der Waals surface area contributed by atoms with Gasteiger partial charge in [0.1, 0.15) is 0 Å². The summed E-state index contributed by atoms with van der Waals surface area (Å²) in [7, 11) is 0. The van der Waals surface area contributed by atoms with Gasteiger partial charge in [0.15, 0.2) is 17.5 Å². The lowest BCUT2D eigenvalue weighted by molar-refractivity contribution is 1.07. The Morgan fingerprint density at radius 2 is 0.735 bits per heavy atom. The minimum absolute atomic E-state index is 0.654.